The van der Waals surface area contributed by atoms with Crippen molar-refractivity contribution in [1.82, 2.24) is 0 Å². The van der Waals surface area contributed by atoms with Crippen molar-refractivity contribution in [2.24, 2.45) is 0 Å². The van der Waals surface area contributed by atoms with Gasteiger partial charge in [0.2, 0.25) is 0 Å². The lowest BCUT2D eigenvalue weighted by atomic mass is 9.89. The molecule has 4 aromatic rings. The number of esters is 1. The summed E-state index contributed by atoms with van der Waals surface area (Å²) in [5.41, 5.74) is 2.48. The van der Waals surface area contributed by atoms with Crippen molar-refractivity contribution in [1.29, 1.82) is 5.41 Å². The Bertz CT molecular complexity index is 1600. The number of hydrogen-bond acceptors (Lipinski definition) is 8. The molecule has 10 heteroatoms. The third-order valence-corrected chi connectivity index (χ3v) is 8.23. The molecule has 1 aliphatic heterocycles. The van der Waals surface area contributed by atoms with E-state index in [9.17, 15) is 4.79 Å². The Kier molecular flexibility index (Phi) is 13.8. The zero-order valence-electron chi connectivity index (χ0n) is 28.0. The highest BCUT2D eigenvalue weighted by molar-refractivity contribution is 6.35. The molecule has 1 aliphatic rings. The summed E-state index contributed by atoms with van der Waals surface area (Å²) in [6, 6.07) is 37.5. The minimum atomic E-state index is -3.75. The quantitative estimate of drug-likeness (QED) is 0.0864. The predicted octanol–water partition coefficient (Wildman–Crippen LogP) is 7.34. The van der Waals surface area contributed by atoms with Crippen molar-refractivity contribution in [2.45, 2.75) is 76.2 Å². The smallest absolute Gasteiger partial charge is 0.352 e. The van der Waals surface area contributed by atoms with Crippen LogP contribution in [0.4, 0.5) is 8.78 Å². The summed E-state index contributed by atoms with van der Waals surface area (Å²) in [5.74, 6) is -4.87. The van der Waals surface area contributed by atoms with E-state index in [-0.39, 0.29) is 39.6 Å². The van der Waals surface area contributed by atoms with Crippen molar-refractivity contribution < 1.29 is 42.0 Å². The molecule has 1 saturated heterocycles. The third kappa shape index (κ3) is 10.6. The van der Waals surface area contributed by atoms with Crippen molar-refractivity contribution in [3.63, 3.8) is 0 Å². The van der Waals surface area contributed by atoms with Crippen LogP contribution in [0.3, 0.4) is 0 Å². The van der Waals surface area contributed by atoms with Crippen LogP contribution in [-0.4, -0.2) is 61.3 Å². The summed E-state index contributed by atoms with van der Waals surface area (Å²) in [4.78, 5) is 12.3. The number of halogens is 2. The zero-order valence-corrected chi connectivity index (χ0v) is 28.0. The maximum absolute atomic E-state index is 16.5. The normalized spacial score (nSPS) is 20.7. The fraction of sp³-hybridized carbons (Fsp3) is 0.350. The molecule has 1 N–H and O–H groups in total. The first-order valence-electron chi connectivity index (χ1n) is 16.7. The molecule has 0 aromatic heterocycles. The van der Waals surface area contributed by atoms with Crippen LogP contribution < -0.4 is 0 Å². The largest absolute Gasteiger partial charge is 0.462 e. The maximum atomic E-state index is 16.5. The number of benzene rings is 4. The van der Waals surface area contributed by atoms with E-state index in [1.54, 1.807) is 6.92 Å². The zero-order chi connectivity index (χ0) is 35.2. The van der Waals surface area contributed by atoms with Gasteiger partial charge in [-0.15, -0.1) is 0 Å². The first kappa shape index (κ1) is 36.9. The van der Waals surface area contributed by atoms with Gasteiger partial charge in [0.1, 0.15) is 30.1 Å². The monoisotopic (exact) mass is 687 g/mol. The van der Waals surface area contributed by atoms with Crippen LogP contribution in [0.2, 0.25) is 0 Å². The molecule has 5 rings (SSSR count). The predicted molar refractivity (Wildman–Crippen MR) is 184 cm³/mol. The molecule has 0 bridgehead atoms. The van der Waals surface area contributed by atoms with Gasteiger partial charge in [-0.25, -0.2) is 13.6 Å². The second kappa shape index (κ2) is 18.6. The number of carbonyl (C=O) groups excluding carboxylic acids is 1. The third-order valence-electron chi connectivity index (χ3n) is 8.23. The highest BCUT2D eigenvalue weighted by Gasteiger charge is 2.57. The molecule has 8 nitrogen and oxygen atoms in total. The highest BCUT2D eigenvalue weighted by atomic mass is 19.3. The number of rotatable bonds is 18. The number of hydrogen-bond donors (Lipinski definition) is 1. The first-order chi connectivity index (χ1) is 24.3. The Hall–Kier alpha value is -4.32. The molecule has 5 unspecified atom stereocenters. The summed E-state index contributed by atoms with van der Waals surface area (Å²) in [5, 5.41) is 8.14. The van der Waals surface area contributed by atoms with Gasteiger partial charge in [0.05, 0.1) is 46.1 Å². The molecule has 0 spiro atoms. The maximum Gasteiger partial charge on any atom is 0.352 e. The highest BCUT2D eigenvalue weighted by Crippen LogP contribution is 2.39. The minimum Gasteiger partial charge on any atom is -0.462 e. The molecule has 5 atom stereocenters. The van der Waals surface area contributed by atoms with E-state index in [2.05, 4.69) is 0 Å². The lowest BCUT2D eigenvalue weighted by molar-refractivity contribution is -0.308. The Labute approximate surface area is 291 Å². The Balaban J connectivity index is 1.50. The fourth-order valence-electron chi connectivity index (χ4n) is 5.76. The molecule has 1 fully saturated rings. The van der Waals surface area contributed by atoms with Gasteiger partial charge in [0.15, 0.2) is 6.10 Å². The van der Waals surface area contributed by atoms with Gasteiger partial charge < -0.3 is 28.4 Å². The van der Waals surface area contributed by atoms with E-state index < -0.39 is 54.5 Å². The van der Waals surface area contributed by atoms with Crippen LogP contribution in [0.5, 0.6) is 0 Å². The molecule has 4 aromatic carbocycles. The van der Waals surface area contributed by atoms with Gasteiger partial charge in [-0.05, 0) is 29.2 Å². The minimum absolute atomic E-state index is 0.0253. The van der Waals surface area contributed by atoms with Crippen LogP contribution in [0, 0.1) is 5.41 Å². The summed E-state index contributed by atoms with van der Waals surface area (Å²) in [6.45, 7) is 1.81. The summed E-state index contributed by atoms with van der Waals surface area (Å²) < 4.78 is 69.6. The number of carbonyl (C=O) groups is 1. The van der Waals surface area contributed by atoms with E-state index in [1.807, 2.05) is 121 Å². The number of ether oxygens (including phenoxy) is 6. The molecule has 0 saturated carbocycles. The SMILES string of the molecule is CCOC(=O)C(=N)CC(F)(F)C1OC(COCc2ccccc2)C(OCc2ccccc2)C(OCc2ccccc2)C1OCc1ccccc1. The Morgan fingerprint density at radius 1 is 0.660 bits per heavy atom. The number of nitrogens with one attached hydrogen (secondary N) is 1. The van der Waals surface area contributed by atoms with Crippen molar-refractivity contribution in [3.8, 4) is 0 Å². The molecular weight excluding hydrogens is 644 g/mol. The van der Waals surface area contributed by atoms with Gasteiger partial charge in [-0.3, -0.25) is 5.41 Å². The molecule has 264 valence electrons. The molecular formula is C40H43F2NO7. The van der Waals surface area contributed by atoms with Gasteiger partial charge in [-0.2, -0.15) is 0 Å². The summed E-state index contributed by atoms with van der Waals surface area (Å²) in [6.07, 6.45) is -7.56. The average Bonchev–Trinajstić information content (AvgIpc) is 3.14. The molecule has 1 heterocycles. The van der Waals surface area contributed by atoms with Gasteiger partial charge >= 0.3 is 5.97 Å². The molecule has 0 radical (unpaired) electrons. The van der Waals surface area contributed by atoms with Crippen LogP contribution in [0.1, 0.15) is 35.6 Å². The lowest BCUT2D eigenvalue weighted by Gasteiger charge is -2.48. The van der Waals surface area contributed by atoms with Gasteiger partial charge in [0.25, 0.3) is 5.92 Å². The topological polar surface area (TPSA) is 96.3 Å². The van der Waals surface area contributed by atoms with Crippen LogP contribution >= 0.6 is 0 Å². The molecule has 0 aliphatic carbocycles. The second-order valence-corrected chi connectivity index (χ2v) is 12.0. The first-order valence-corrected chi connectivity index (χ1v) is 16.7. The van der Waals surface area contributed by atoms with Crippen LogP contribution in [0.25, 0.3) is 0 Å². The summed E-state index contributed by atoms with van der Waals surface area (Å²) >= 11 is 0. The lowest BCUT2D eigenvalue weighted by Crippen LogP contribution is -2.65. The van der Waals surface area contributed by atoms with Gasteiger partial charge in [-0.1, -0.05) is 121 Å². The molecule has 50 heavy (non-hydrogen) atoms. The van der Waals surface area contributed by atoms with E-state index in [0.29, 0.717) is 0 Å². The van der Waals surface area contributed by atoms with E-state index >= 15 is 8.78 Å². The van der Waals surface area contributed by atoms with E-state index in [4.69, 9.17) is 33.8 Å². The average molecular weight is 688 g/mol. The Morgan fingerprint density at radius 3 is 1.54 bits per heavy atom. The Morgan fingerprint density at radius 2 is 1.08 bits per heavy atom. The van der Waals surface area contributed by atoms with Crippen molar-refractivity contribution >= 4 is 11.7 Å². The van der Waals surface area contributed by atoms with Crippen molar-refractivity contribution in [2.75, 3.05) is 13.2 Å². The fourth-order valence-corrected chi connectivity index (χ4v) is 5.76. The van der Waals surface area contributed by atoms with E-state index in [1.165, 1.54) is 0 Å². The van der Waals surface area contributed by atoms with Crippen LogP contribution in [-0.2, 0) is 59.6 Å². The van der Waals surface area contributed by atoms with Crippen molar-refractivity contribution in [3.05, 3.63) is 144 Å². The van der Waals surface area contributed by atoms with E-state index in [0.717, 1.165) is 22.3 Å². The number of alkyl halides is 2. The second-order valence-electron chi connectivity index (χ2n) is 12.0. The van der Waals surface area contributed by atoms with Gasteiger partial charge in [0, 0.05) is 0 Å². The van der Waals surface area contributed by atoms with Crippen LogP contribution in [0.15, 0.2) is 121 Å². The standard InChI is InChI=1S/C40H43F2NO7/c1-2-46-39(44)33(43)23-40(41,42)38-37(49-27-32-21-13-6-14-22-32)36(48-26-31-19-11-5-12-20-31)35(47-25-30-17-9-4-10-18-30)34(50-38)28-45-24-29-15-7-3-8-16-29/h3-22,34-38,43H,2,23-28H2,1H3. The molecule has 0 amide bonds. The summed E-state index contributed by atoms with van der Waals surface area (Å²) in [7, 11) is 0.